The van der Waals surface area contributed by atoms with Crippen LogP contribution in [0.4, 0.5) is 5.95 Å². The number of H-pyrrole nitrogens is 1. The summed E-state index contributed by atoms with van der Waals surface area (Å²) in [4.78, 5) is 3.99. The third-order valence-corrected chi connectivity index (χ3v) is 1.60. The van der Waals surface area contributed by atoms with Crippen molar-refractivity contribution < 1.29 is 0 Å². The van der Waals surface area contributed by atoms with Crippen LogP contribution in [-0.4, -0.2) is 15.2 Å². The topological polar surface area (TPSA) is 67.6 Å². The van der Waals surface area contributed by atoms with E-state index in [1.807, 2.05) is 0 Å². The van der Waals surface area contributed by atoms with Gasteiger partial charge in [0.2, 0.25) is 5.95 Å². The molecule has 0 bridgehead atoms. The zero-order valence-corrected chi connectivity index (χ0v) is 6.26. The van der Waals surface area contributed by atoms with E-state index in [1.54, 1.807) is 0 Å². The first kappa shape index (κ1) is 7.05. The highest BCUT2D eigenvalue weighted by Crippen LogP contribution is 2.13. The molecular formula is C6H12N4. The van der Waals surface area contributed by atoms with Crippen molar-refractivity contribution in [1.82, 2.24) is 15.2 Å². The molecule has 0 spiro atoms. The van der Waals surface area contributed by atoms with E-state index in [0.717, 1.165) is 12.2 Å². The Bertz CT molecular complexity index is 205. The molecule has 0 saturated carbocycles. The maximum absolute atomic E-state index is 5.32. The van der Waals surface area contributed by atoms with Crippen LogP contribution < -0.4 is 5.73 Å². The summed E-state index contributed by atoms with van der Waals surface area (Å²) < 4.78 is 0. The van der Waals surface area contributed by atoms with Crippen LogP contribution in [0.25, 0.3) is 0 Å². The van der Waals surface area contributed by atoms with Gasteiger partial charge in [-0.15, -0.1) is 5.10 Å². The summed E-state index contributed by atoms with van der Waals surface area (Å²) in [6, 6.07) is 0. The van der Waals surface area contributed by atoms with Crippen molar-refractivity contribution in [3.05, 3.63) is 5.82 Å². The summed E-state index contributed by atoms with van der Waals surface area (Å²) in [6.07, 6.45) is 1.05. The summed E-state index contributed by atoms with van der Waals surface area (Å²) >= 11 is 0. The summed E-state index contributed by atoms with van der Waals surface area (Å²) in [5.74, 6) is 1.63. The van der Waals surface area contributed by atoms with Gasteiger partial charge in [0.1, 0.15) is 5.82 Å². The Hall–Kier alpha value is -1.06. The van der Waals surface area contributed by atoms with Crippen molar-refractivity contribution in [1.29, 1.82) is 0 Å². The Kier molecular flexibility index (Phi) is 1.89. The van der Waals surface area contributed by atoms with Gasteiger partial charge in [-0.3, -0.25) is 5.10 Å². The number of aromatic amines is 1. The van der Waals surface area contributed by atoms with Gasteiger partial charge in [-0.05, 0) is 6.42 Å². The number of nitrogens with two attached hydrogens (primary N) is 1. The standard InChI is InChI=1S/C6H12N4/c1-3-4(2)5-8-6(7)10-9-5/h4H,3H2,1-2H3,(H3,7,8,9,10)/t4-/m1/s1. The quantitative estimate of drug-likeness (QED) is 0.641. The van der Waals surface area contributed by atoms with Crippen LogP contribution >= 0.6 is 0 Å². The molecule has 0 aliphatic rings. The van der Waals surface area contributed by atoms with Crippen molar-refractivity contribution in [3.63, 3.8) is 0 Å². The second-order valence-corrected chi connectivity index (χ2v) is 2.39. The molecule has 0 aliphatic carbocycles. The third-order valence-electron chi connectivity index (χ3n) is 1.60. The summed E-state index contributed by atoms with van der Waals surface area (Å²) in [6.45, 7) is 4.18. The number of hydrogen-bond acceptors (Lipinski definition) is 3. The molecule has 0 radical (unpaired) electrons. The minimum Gasteiger partial charge on any atom is -0.367 e. The largest absolute Gasteiger partial charge is 0.367 e. The molecule has 0 aliphatic heterocycles. The van der Waals surface area contributed by atoms with Gasteiger partial charge in [0.25, 0.3) is 0 Å². The average Bonchev–Trinajstić information content (AvgIpc) is 2.34. The minimum absolute atomic E-state index is 0.329. The molecule has 3 N–H and O–H groups in total. The lowest BCUT2D eigenvalue weighted by Gasteiger charge is -2.00. The number of hydrogen-bond donors (Lipinski definition) is 2. The van der Waals surface area contributed by atoms with Gasteiger partial charge < -0.3 is 5.73 Å². The van der Waals surface area contributed by atoms with Crippen LogP contribution in [0.1, 0.15) is 32.0 Å². The molecule has 4 heteroatoms. The fourth-order valence-electron chi connectivity index (χ4n) is 0.702. The van der Waals surface area contributed by atoms with Gasteiger partial charge in [-0.2, -0.15) is 4.98 Å². The first-order valence-corrected chi connectivity index (χ1v) is 3.41. The zero-order valence-electron chi connectivity index (χ0n) is 6.26. The highest BCUT2D eigenvalue weighted by molar-refractivity contribution is 5.13. The van der Waals surface area contributed by atoms with Crippen molar-refractivity contribution in [2.45, 2.75) is 26.2 Å². The fourth-order valence-corrected chi connectivity index (χ4v) is 0.702. The van der Waals surface area contributed by atoms with Crippen LogP contribution in [0.15, 0.2) is 0 Å². The molecule has 4 nitrogen and oxygen atoms in total. The number of nitrogen functional groups attached to an aromatic ring is 1. The Labute approximate surface area is 59.8 Å². The van der Waals surface area contributed by atoms with Crippen LogP contribution in [-0.2, 0) is 0 Å². The molecule has 1 rings (SSSR count). The van der Waals surface area contributed by atoms with E-state index in [1.165, 1.54) is 0 Å². The Morgan fingerprint density at radius 2 is 2.40 bits per heavy atom. The Morgan fingerprint density at radius 3 is 2.80 bits per heavy atom. The second kappa shape index (κ2) is 2.68. The van der Waals surface area contributed by atoms with E-state index >= 15 is 0 Å². The van der Waals surface area contributed by atoms with Gasteiger partial charge in [0.05, 0.1) is 0 Å². The number of rotatable bonds is 2. The van der Waals surface area contributed by atoms with Gasteiger partial charge in [0, 0.05) is 5.92 Å². The van der Waals surface area contributed by atoms with E-state index in [2.05, 4.69) is 29.0 Å². The molecule has 1 heterocycles. The van der Waals surface area contributed by atoms with E-state index in [9.17, 15) is 0 Å². The highest BCUT2D eigenvalue weighted by atomic mass is 15.3. The molecule has 0 unspecified atom stereocenters. The van der Waals surface area contributed by atoms with Gasteiger partial charge in [-0.25, -0.2) is 0 Å². The molecular weight excluding hydrogens is 128 g/mol. The molecule has 1 atom stereocenters. The zero-order chi connectivity index (χ0) is 7.56. The minimum atomic E-state index is 0.329. The lowest BCUT2D eigenvalue weighted by molar-refractivity contribution is 0.682. The molecule has 0 aromatic carbocycles. The smallest absolute Gasteiger partial charge is 0.239 e. The second-order valence-electron chi connectivity index (χ2n) is 2.39. The van der Waals surface area contributed by atoms with Crippen LogP contribution in [0.5, 0.6) is 0 Å². The summed E-state index contributed by atoms with van der Waals surface area (Å²) in [5, 5.41) is 6.50. The number of nitrogens with zero attached hydrogens (tertiary/aromatic N) is 2. The molecule has 56 valence electrons. The van der Waals surface area contributed by atoms with Crippen molar-refractivity contribution in [3.8, 4) is 0 Å². The Morgan fingerprint density at radius 1 is 1.70 bits per heavy atom. The van der Waals surface area contributed by atoms with E-state index in [4.69, 9.17) is 5.73 Å². The van der Waals surface area contributed by atoms with Crippen LogP contribution in [0, 0.1) is 0 Å². The first-order valence-electron chi connectivity index (χ1n) is 3.41. The third kappa shape index (κ3) is 1.26. The van der Waals surface area contributed by atoms with Gasteiger partial charge >= 0.3 is 0 Å². The van der Waals surface area contributed by atoms with Crippen molar-refractivity contribution in [2.75, 3.05) is 5.73 Å². The number of nitrogens with one attached hydrogen (secondary N) is 1. The van der Waals surface area contributed by atoms with Crippen molar-refractivity contribution in [2.24, 2.45) is 0 Å². The van der Waals surface area contributed by atoms with E-state index in [-0.39, 0.29) is 0 Å². The SMILES string of the molecule is CC[C@@H](C)c1nc(N)n[nH]1. The van der Waals surface area contributed by atoms with Crippen LogP contribution in [0.3, 0.4) is 0 Å². The molecule has 0 saturated heterocycles. The predicted molar refractivity (Wildman–Crippen MR) is 39.5 cm³/mol. The maximum atomic E-state index is 5.32. The summed E-state index contributed by atoms with van der Waals surface area (Å²) in [7, 11) is 0. The lowest BCUT2D eigenvalue weighted by Crippen LogP contribution is -1.94. The van der Waals surface area contributed by atoms with Gasteiger partial charge in [-0.1, -0.05) is 13.8 Å². The first-order chi connectivity index (χ1) is 4.74. The Balaban J connectivity index is 2.74. The monoisotopic (exact) mass is 140 g/mol. The number of aromatic nitrogens is 3. The maximum Gasteiger partial charge on any atom is 0.239 e. The lowest BCUT2D eigenvalue weighted by atomic mass is 10.1. The molecule has 0 fully saturated rings. The normalized spacial score (nSPS) is 13.4. The molecule has 1 aromatic rings. The number of anilines is 1. The van der Waals surface area contributed by atoms with Crippen LogP contribution in [0.2, 0.25) is 0 Å². The molecule has 0 amide bonds. The molecule has 10 heavy (non-hydrogen) atoms. The summed E-state index contributed by atoms with van der Waals surface area (Å²) in [5.41, 5.74) is 5.32. The highest BCUT2D eigenvalue weighted by Gasteiger charge is 2.06. The van der Waals surface area contributed by atoms with Crippen molar-refractivity contribution >= 4 is 5.95 Å². The molecule has 1 aromatic heterocycles. The van der Waals surface area contributed by atoms with E-state index < -0.39 is 0 Å². The van der Waals surface area contributed by atoms with E-state index in [0.29, 0.717) is 11.9 Å². The van der Waals surface area contributed by atoms with Gasteiger partial charge in [0.15, 0.2) is 0 Å². The average molecular weight is 140 g/mol. The fraction of sp³-hybridized carbons (Fsp3) is 0.667. The predicted octanol–water partition coefficient (Wildman–Crippen LogP) is 0.900.